The van der Waals surface area contributed by atoms with Crippen molar-refractivity contribution in [2.24, 2.45) is 14.1 Å². The molecule has 0 aromatic carbocycles. The summed E-state index contributed by atoms with van der Waals surface area (Å²) in [5.41, 5.74) is 2.68. The fourth-order valence-electron chi connectivity index (χ4n) is 2.84. The monoisotopic (exact) mass is 289 g/mol. The Morgan fingerprint density at radius 3 is 2.95 bits per heavy atom. The number of aryl methyl sites for hydroxylation is 2. The number of nitrogens with one attached hydrogen (secondary N) is 1. The standard InChI is InChI=1S/C14H19N5O2/c1-18-12-6-4-5-10(9(12)8-15-18)16-14(20)11-7-13(21-3)19(2)17-11/h7-8,10H,4-6H2,1-3H3,(H,16,20). The average Bonchev–Trinajstić information content (AvgIpc) is 3.03. The van der Waals surface area contributed by atoms with E-state index in [9.17, 15) is 4.79 Å². The quantitative estimate of drug-likeness (QED) is 0.913. The van der Waals surface area contributed by atoms with Crippen LogP contribution in [0.2, 0.25) is 0 Å². The highest BCUT2D eigenvalue weighted by atomic mass is 16.5. The zero-order valence-electron chi connectivity index (χ0n) is 12.5. The van der Waals surface area contributed by atoms with Crippen LogP contribution >= 0.6 is 0 Å². The SMILES string of the molecule is COc1cc(C(=O)NC2CCCc3c2cnn3C)nn1C. The molecule has 7 heteroatoms. The van der Waals surface area contributed by atoms with Crippen LogP contribution in [-0.2, 0) is 20.5 Å². The summed E-state index contributed by atoms with van der Waals surface area (Å²) in [6, 6.07) is 1.64. The molecule has 2 aromatic rings. The first-order valence-corrected chi connectivity index (χ1v) is 7.00. The lowest BCUT2D eigenvalue weighted by molar-refractivity contribution is 0.0927. The normalized spacial score (nSPS) is 17.4. The van der Waals surface area contributed by atoms with Gasteiger partial charge in [-0.25, -0.2) is 4.68 Å². The number of ether oxygens (including phenoxy) is 1. The summed E-state index contributed by atoms with van der Waals surface area (Å²) in [6.45, 7) is 0. The van der Waals surface area contributed by atoms with Crippen LogP contribution in [0, 0.1) is 0 Å². The molecule has 2 heterocycles. The maximum absolute atomic E-state index is 12.3. The summed E-state index contributed by atoms with van der Waals surface area (Å²) in [5, 5.41) is 11.5. The van der Waals surface area contributed by atoms with Crippen molar-refractivity contribution in [2.75, 3.05) is 7.11 Å². The van der Waals surface area contributed by atoms with Gasteiger partial charge in [0.05, 0.1) is 19.3 Å². The number of hydrogen-bond acceptors (Lipinski definition) is 4. The molecule has 0 bridgehead atoms. The van der Waals surface area contributed by atoms with Crippen LogP contribution in [0.4, 0.5) is 0 Å². The number of rotatable bonds is 3. The smallest absolute Gasteiger partial charge is 0.272 e. The molecule has 1 amide bonds. The Labute approximate surface area is 122 Å². The molecule has 21 heavy (non-hydrogen) atoms. The predicted molar refractivity (Wildman–Crippen MR) is 76.1 cm³/mol. The van der Waals surface area contributed by atoms with Crippen molar-refractivity contribution >= 4 is 5.91 Å². The van der Waals surface area contributed by atoms with Gasteiger partial charge in [0.15, 0.2) is 5.69 Å². The average molecular weight is 289 g/mol. The van der Waals surface area contributed by atoms with Crippen molar-refractivity contribution in [3.8, 4) is 5.88 Å². The second-order valence-corrected chi connectivity index (χ2v) is 5.28. The van der Waals surface area contributed by atoms with Crippen LogP contribution in [-0.4, -0.2) is 32.6 Å². The number of hydrogen-bond donors (Lipinski definition) is 1. The third-order valence-corrected chi connectivity index (χ3v) is 3.96. The van der Waals surface area contributed by atoms with Gasteiger partial charge in [-0.1, -0.05) is 0 Å². The molecule has 1 aliphatic carbocycles. The van der Waals surface area contributed by atoms with Crippen LogP contribution in [0.1, 0.15) is 40.6 Å². The van der Waals surface area contributed by atoms with Crippen molar-refractivity contribution < 1.29 is 9.53 Å². The minimum Gasteiger partial charge on any atom is -0.481 e. The Morgan fingerprint density at radius 1 is 1.43 bits per heavy atom. The topological polar surface area (TPSA) is 74.0 Å². The molecular weight excluding hydrogens is 270 g/mol. The van der Waals surface area contributed by atoms with Gasteiger partial charge in [-0.15, -0.1) is 0 Å². The van der Waals surface area contributed by atoms with E-state index in [2.05, 4.69) is 15.5 Å². The van der Waals surface area contributed by atoms with Gasteiger partial charge in [0.25, 0.3) is 5.91 Å². The summed E-state index contributed by atoms with van der Waals surface area (Å²) >= 11 is 0. The van der Waals surface area contributed by atoms with Crippen molar-refractivity contribution in [1.82, 2.24) is 24.9 Å². The highest BCUT2D eigenvalue weighted by Gasteiger charge is 2.26. The second-order valence-electron chi connectivity index (χ2n) is 5.28. The van der Waals surface area contributed by atoms with E-state index in [4.69, 9.17) is 4.74 Å². The Balaban J connectivity index is 1.79. The largest absolute Gasteiger partial charge is 0.481 e. The van der Waals surface area contributed by atoms with Gasteiger partial charge in [-0.05, 0) is 19.3 Å². The number of aromatic nitrogens is 4. The molecular formula is C14H19N5O2. The molecule has 1 aliphatic rings. The van der Waals surface area contributed by atoms with E-state index >= 15 is 0 Å². The van der Waals surface area contributed by atoms with E-state index in [1.165, 1.54) is 5.69 Å². The molecule has 0 saturated heterocycles. The van der Waals surface area contributed by atoms with Gasteiger partial charge in [-0.3, -0.25) is 9.48 Å². The molecule has 1 unspecified atom stereocenters. The third kappa shape index (κ3) is 2.39. The Hall–Kier alpha value is -2.31. The third-order valence-electron chi connectivity index (χ3n) is 3.96. The second kappa shape index (κ2) is 5.23. The molecule has 0 fully saturated rings. The first kappa shape index (κ1) is 13.7. The van der Waals surface area contributed by atoms with E-state index in [0.717, 1.165) is 24.8 Å². The van der Waals surface area contributed by atoms with Crippen LogP contribution in [0.5, 0.6) is 5.88 Å². The molecule has 0 saturated carbocycles. The Morgan fingerprint density at radius 2 is 2.24 bits per heavy atom. The van der Waals surface area contributed by atoms with Crippen molar-refractivity contribution in [3.05, 3.63) is 29.2 Å². The number of carbonyl (C=O) groups excluding carboxylic acids is 1. The van der Waals surface area contributed by atoms with Gasteiger partial charge < -0.3 is 10.1 Å². The van der Waals surface area contributed by atoms with Crippen molar-refractivity contribution in [2.45, 2.75) is 25.3 Å². The summed E-state index contributed by atoms with van der Waals surface area (Å²) in [7, 11) is 5.24. The highest BCUT2D eigenvalue weighted by Crippen LogP contribution is 2.29. The lowest BCUT2D eigenvalue weighted by Crippen LogP contribution is -2.31. The van der Waals surface area contributed by atoms with Crippen molar-refractivity contribution in [3.63, 3.8) is 0 Å². The maximum Gasteiger partial charge on any atom is 0.272 e. The predicted octanol–water partition coefficient (Wildman–Crippen LogP) is 0.970. The molecule has 7 nitrogen and oxygen atoms in total. The zero-order valence-corrected chi connectivity index (χ0v) is 12.5. The first-order valence-electron chi connectivity index (χ1n) is 7.00. The van der Waals surface area contributed by atoms with Gasteiger partial charge in [0.2, 0.25) is 5.88 Å². The van der Waals surface area contributed by atoms with Crippen LogP contribution in [0.25, 0.3) is 0 Å². The molecule has 3 rings (SSSR count). The van der Waals surface area contributed by atoms with E-state index in [1.54, 1.807) is 24.9 Å². The van der Waals surface area contributed by atoms with Gasteiger partial charge >= 0.3 is 0 Å². The van der Waals surface area contributed by atoms with Crippen molar-refractivity contribution in [1.29, 1.82) is 0 Å². The molecule has 0 aliphatic heterocycles. The molecule has 2 aromatic heterocycles. The van der Waals surface area contributed by atoms with Crippen LogP contribution in [0.3, 0.4) is 0 Å². The zero-order chi connectivity index (χ0) is 15.0. The van der Waals surface area contributed by atoms with Gasteiger partial charge in [0.1, 0.15) is 0 Å². The number of amides is 1. The fraction of sp³-hybridized carbons (Fsp3) is 0.500. The summed E-state index contributed by atoms with van der Waals surface area (Å²) in [5.74, 6) is 0.376. The summed E-state index contributed by atoms with van der Waals surface area (Å²) in [4.78, 5) is 12.3. The number of nitrogens with zero attached hydrogens (tertiary/aromatic N) is 4. The van der Waals surface area contributed by atoms with E-state index in [0.29, 0.717) is 11.6 Å². The van der Waals surface area contributed by atoms with E-state index in [-0.39, 0.29) is 11.9 Å². The molecule has 1 atom stereocenters. The fourth-order valence-corrected chi connectivity index (χ4v) is 2.84. The van der Waals surface area contributed by atoms with Gasteiger partial charge in [0, 0.05) is 31.4 Å². The molecule has 1 N–H and O–H groups in total. The number of carbonyl (C=O) groups is 1. The number of fused-ring (bicyclic) bond motifs is 1. The maximum atomic E-state index is 12.3. The number of methoxy groups -OCH3 is 1. The summed E-state index contributed by atoms with van der Waals surface area (Å²) in [6.07, 6.45) is 4.82. The minimum absolute atomic E-state index is 0.00273. The lowest BCUT2D eigenvalue weighted by atomic mass is 9.93. The van der Waals surface area contributed by atoms with Crippen LogP contribution in [0.15, 0.2) is 12.3 Å². The molecule has 0 spiro atoms. The Bertz CT molecular complexity index is 673. The highest BCUT2D eigenvalue weighted by molar-refractivity contribution is 5.92. The van der Waals surface area contributed by atoms with Crippen LogP contribution < -0.4 is 10.1 Å². The molecule has 0 radical (unpaired) electrons. The van der Waals surface area contributed by atoms with Gasteiger partial charge in [-0.2, -0.15) is 10.2 Å². The first-order chi connectivity index (χ1) is 10.1. The molecule has 112 valence electrons. The lowest BCUT2D eigenvalue weighted by Gasteiger charge is -2.23. The minimum atomic E-state index is -0.185. The van der Waals surface area contributed by atoms with E-state index < -0.39 is 0 Å². The summed E-state index contributed by atoms with van der Waals surface area (Å²) < 4.78 is 8.57. The Kier molecular flexibility index (Phi) is 3.40. The van der Waals surface area contributed by atoms with E-state index in [1.807, 2.05) is 17.9 Å².